The Morgan fingerprint density at radius 3 is 2.71 bits per heavy atom. The van der Waals surface area contributed by atoms with Gasteiger partial charge in [0.15, 0.2) is 5.82 Å². The summed E-state index contributed by atoms with van der Waals surface area (Å²) < 4.78 is 1.61. The molecule has 1 unspecified atom stereocenters. The fourth-order valence-corrected chi connectivity index (χ4v) is 4.46. The molecule has 1 aliphatic carbocycles. The molecular formula is C23H37N5O3. The van der Waals surface area contributed by atoms with Crippen LogP contribution in [0.15, 0.2) is 24.0 Å². The Hall–Kier alpha value is -2.35. The van der Waals surface area contributed by atoms with Crippen LogP contribution in [0.25, 0.3) is 0 Å². The predicted molar refractivity (Wildman–Crippen MR) is 120 cm³/mol. The van der Waals surface area contributed by atoms with Crippen molar-refractivity contribution in [1.29, 1.82) is 0 Å². The molecule has 1 aliphatic heterocycles. The number of rotatable bonds is 9. The Bertz CT molecular complexity index is 804. The molecule has 1 aromatic rings. The summed E-state index contributed by atoms with van der Waals surface area (Å²) in [5, 5.41) is 17.3. The van der Waals surface area contributed by atoms with Crippen LogP contribution in [0.3, 0.4) is 0 Å². The number of amides is 2. The van der Waals surface area contributed by atoms with Gasteiger partial charge in [-0.25, -0.2) is 0 Å². The van der Waals surface area contributed by atoms with Gasteiger partial charge in [-0.05, 0) is 33.1 Å². The number of aliphatic hydroxyl groups is 1. The third-order valence-corrected chi connectivity index (χ3v) is 6.27. The molecule has 2 amide bonds. The Morgan fingerprint density at radius 1 is 1.35 bits per heavy atom. The molecular weight excluding hydrogens is 394 g/mol. The van der Waals surface area contributed by atoms with Crippen molar-refractivity contribution in [3.05, 3.63) is 24.0 Å². The molecule has 31 heavy (non-hydrogen) atoms. The Balaban J connectivity index is 1.73. The molecule has 172 valence electrons. The highest BCUT2D eigenvalue weighted by Gasteiger charge is 2.36. The highest BCUT2D eigenvalue weighted by molar-refractivity contribution is 5.99. The molecule has 0 saturated heterocycles. The molecule has 1 fully saturated rings. The number of nitrogens with zero attached hydrogens (tertiary/aromatic N) is 4. The number of hydrogen-bond donors (Lipinski definition) is 2. The van der Waals surface area contributed by atoms with Gasteiger partial charge in [0.1, 0.15) is 6.04 Å². The van der Waals surface area contributed by atoms with Gasteiger partial charge in [0.25, 0.3) is 0 Å². The highest BCUT2D eigenvalue weighted by atomic mass is 16.3. The maximum Gasteiger partial charge on any atom is 0.249 e. The van der Waals surface area contributed by atoms with Crippen LogP contribution in [0.1, 0.15) is 59.3 Å². The first-order valence-corrected chi connectivity index (χ1v) is 11.5. The molecule has 0 bridgehead atoms. The molecule has 8 nitrogen and oxygen atoms in total. The minimum Gasteiger partial charge on any atom is -0.389 e. The maximum absolute atomic E-state index is 13.3. The maximum atomic E-state index is 13.3. The van der Waals surface area contributed by atoms with Crippen LogP contribution in [0.4, 0.5) is 5.82 Å². The van der Waals surface area contributed by atoms with Gasteiger partial charge < -0.3 is 20.2 Å². The van der Waals surface area contributed by atoms with E-state index in [1.54, 1.807) is 41.8 Å². The molecule has 1 saturated carbocycles. The molecule has 1 atom stereocenters. The minimum atomic E-state index is -0.897. The number of nitrogens with one attached hydrogen (secondary N) is 1. The van der Waals surface area contributed by atoms with Crippen molar-refractivity contribution in [1.82, 2.24) is 19.6 Å². The van der Waals surface area contributed by atoms with Crippen LogP contribution in [0, 0.1) is 5.92 Å². The van der Waals surface area contributed by atoms with E-state index in [2.05, 4.69) is 10.4 Å². The minimum absolute atomic E-state index is 0.0983. The lowest BCUT2D eigenvalue weighted by Crippen LogP contribution is -2.47. The number of hydrogen-bond acceptors (Lipinski definition) is 5. The van der Waals surface area contributed by atoms with Crippen molar-refractivity contribution in [2.75, 3.05) is 25.5 Å². The summed E-state index contributed by atoms with van der Waals surface area (Å²) in [5.41, 5.74) is 0.0509. The van der Waals surface area contributed by atoms with E-state index >= 15 is 0 Å². The van der Waals surface area contributed by atoms with Gasteiger partial charge in [-0.15, -0.1) is 0 Å². The molecule has 3 rings (SSSR count). The fourth-order valence-electron chi connectivity index (χ4n) is 4.46. The average molecular weight is 432 g/mol. The van der Waals surface area contributed by atoms with E-state index in [9.17, 15) is 14.7 Å². The molecule has 8 heteroatoms. The van der Waals surface area contributed by atoms with E-state index in [1.807, 2.05) is 18.9 Å². The van der Waals surface area contributed by atoms with E-state index in [0.29, 0.717) is 31.2 Å². The average Bonchev–Trinajstić information content (AvgIpc) is 3.31. The lowest BCUT2D eigenvalue weighted by molar-refractivity contribution is -0.134. The highest BCUT2D eigenvalue weighted by Crippen LogP contribution is 2.30. The fraction of sp³-hybridized carbons (Fsp3) is 0.696. The van der Waals surface area contributed by atoms with Gasteiger partial charge in [0.2, 0.25) is 11.8 Å². The zero-order valence-corrected chi connectivity index (χ0v) is 19.3. The number of carbonyl (C=O) groups is 2. The van der Waals surface area contributed by atoms with Crippen molar-refractivity contribution in [3.8, 4) is 0 Å². The van der Waals surface area contributed by atoms with Crippen molar-refractivity contribution in [2.24, 2.45) is 5.92 Å². The van der Waals surface area contributed by atoms with Crippen molar-refractivity contribution < 1.29 is 14.7 Å². The topological polar surface area (TPSA) is 90.7 Å². The third-order valence-electron chi connectivity index (χ3n) is 6.27. The first kappa shape index (κ1) is 23.3. The standard InChI is InChI=1S/C23H37N5O3/c1-5-26(4)18-14-21(29)28(15-18)19(13-17-9-7-6-8-10-17)22(30)24-20-11-12-27(25-20)16-23(2,3)31/h11-12,14,17,19,31H,5-10,13,15-16H2,1-4H3,(H,24,25,30). The Labute approximate surface area is 185 Å². The second kappa shape index (κ2) is 9.85. The van der Waals surface area contributed by atoms with Crippen molar-refractivity contribution in [2.45, 2.75) is 77.5 Å². The monoisotopic (exact) mass is 431 g/mol. The van der Waals surface area contributed by atoms with Crippen LogP contribution < -0.4 is 5.32 Å². The van der Waals surface area contributed by atoms with Gasteiger partial charge in [-0.1, -0.05) is 32.1 Å². The second-order valence-electron chi connectivity index (χ2n) is 9.57. The summed E-state index contributed by atoms with van der Waals surface area (Å²) in [5.74, 6) is 0.603. The largest absolute Gasteiger partial charge is 0.389 e. The summed E-state index contributed by atoms with van der Waals surface area (Å²) in [7, 11) is 1.97. The molecule has 0 radical (unpaired) electrons. The van der Waals surface area contributed by atoms with Gasteiger partial charge in [0, 0.05) is 37.6 Å². The van der Waals surface area contributed by atoms with Crippen LogP contribution in [0.2, 0.25) is 0 Å². The summed E-state index contributed by atoms with van der Waals surface area (Å²) >= 11 is 0. The summed E-state index contributed by atoms with van der Waals surface area (Å²) in [6, 6.07) is 1.20. The summed E-state index contributed by atoms with van der Waals surface area (Å²) in [6.45, 7) is 7.07. The SMILES string of the molecule is CCN(C)C1=CC(=O)N(C(CC2CCCCC2)C(=O)Nc2ccn(CC(C)(C)O)n2)C1. The van der Waals surface area contributed by atoms with E-state index in [1.165, 1.54) is 19.3 Å². The zero-order valence-electron chi connectivity index (χ0n) is 19.3. The lowest BCUT2D eigenvalue weighted by Gasteiger charge is -2.32. The van der Waals surface area contributed by atoms with Crippen LogP contribution in [-0.2, 0) is 16.1 Å². The summed E-state index contributed by atoms with van der Waals surface area (Å²) in [4.78, 5) is 29.9. The number of aromatic nitrogens is 2. The van der Waals surface area contributed by atoms with Crippen LogP contribution >= 0.6 is 0 Å². The van der Waals surface area contributed by atoms with E-state index in [0.717, 1.165) is 25.1 Å². The molecule has 2 aliphatic rings. The normalized spacial score (nSPS) is 18.8. The molecule has 0 spiro atoms. The molecule has 2 heterocycles. The zero-order chi connectivity index (χ0) is 22.6. The molecule has 1 aromatic heterocycles. The third kappa shape index (κ3) is 6.32. The number of likely N-dealkylation sites (N-methyl/N-ethyl adjacent to an activating group) is 1. The van der Waals surface area contributed by atoms with E-state index in [4.69, 9.17) is 0 Å². The van der Waals surface area contributed by atoms with Crippen LogP contribution in [0.5, 0.6) is 0 Å². The smallest absolute Gasteiger partial charge is 0.249 e. The van der Waals surface area contributed by atoms with Gasteiger partial charge >= 0.3 is 0 Å². The van der Waals surface area contributed by atoms with Crippen LogP contribution in [-0.4, -0.2) is 68.3 Å². The summed E-state index contributed by atoms with van der Waals surface area (Å²) in [6.07, 6.45) is 9.93. The van der Waals surface area contributed by atoms with Crippen molar-refractivity contribution >= 4 is 17.6 Å². The van der Waals surface area contributed by atoms with E-state index < -0.39 is 11.6 Å². The Morgan fingerprint density at radius 2 is 2.06 bits per heavy atom. The van der Waals surface area contributed by atoms with E-state index in [-0.39, 0.29) is 11.8 Å². The van der Waals surface area contributed by atoms with Gasteiger partial charge in [-0.3, -0.25) is 14.3 Å². The first-order chi connectivity index (χ1) is 14.7. The molecule has 2 N–H and O–H groups in total. The first-order valence-electron chi connectivity index (χ1n) is 11.5. The van der Waals surface area contributed by atoms with Crippen molar-refractivity contribution in [3.63, 3.8) is 0 Å². The Kier molecular flexibility index (Phi) is 7.41. The predicted octanol–water partition coefficient (Wildman–Crippen LogP) is 2.61. The lowest BCUT2D eigenvalue weighted by atomic mass is 9.84. The number of anilines is 1. The van der Waals surface area contributed by atoms with Gasteiger partial charge in [-0.2, -0.15) is 5.10 Å². The number of carbonyl (C=O) groups excluding carboxylic acids is 2. The van der Waals surface area contributed by atoms with Gasteiger partial charge in [0.05, 0.1) is 18.7 Å². The molecule has 0 aromatic carbocycles. The quantitative estimate of drug-likeness (QED) is 0.627. The second-order valence-corrected chi connectivity index (χ2v) is 9.57.